The summed E-state index contributed by atoms with van der Waals surface area (Å²) in [6.45, 7) is 10.2. The van der Waals surface area contributed by atoms with Crippen LogP contribution in [0.15, 0.2) is 128 Å². The van der Waals surface area contributed by atoms with Gasteiger partial charge >= 0.3 is 18.0 Å². The summed E-state index contributed by atoms with van der Waals surface area (Å²) in [6, 6.07) is 28.3. The molecule has 8 N–H and O–H groups in total. The van der Waals surface area contributed by atoms with Crippen LogP contribution in [0.4, 0.5) is 49.4 Å². The number of carboxylic acid groups (broad SMARTS) is 1. The van der Waals surface area contributed by atoms with Crippen molar-refractivity contribution in [1.82, 2.24) is 0 Å². The van der Waals surface area contributed by atoms with Gasteiger partial charge in [0.05, 0.1) is 34.6 Å². The zero-order valence-corrected chi connectivity index (χ0v) is 49.4. The number of amides is 4. The van der Waals surface area contributed by atoms with Crippen molar-refractivity contribution in [2.75, 3.05) is 26.6 Å². The smallest absolute Gasteiger partial charge is 0.339 e. The van der Waals surface area contributed by atoms with Gasteiger partial charge in [-0.15, -0.1) is 0 Å². The maximum absolute atomic E-state index is 13.8. The second-order valence-corrected chi connectivity index (χ2v) is 24.6. The summed E-state index contributed by atoms with van der Waals surface area (Å²) in [7, 11) is -9.72. The number of nitrogens with one attached hydrogen (secondary N) is 5. The monoisotopic (exact) mass is 1190 g/mol. The highest BCUT2D eigenvalue weighted by Gasteiger charge is 2.28. The lowest BCUT2D eigenvalue weighted by molar-refractivity contribution is 0.0686. The second-order valence-electron chi connectivity index (χ2n) is 21.8. The number of anilines is 6. The number of aromatic carboxylic acids is 1. The van der Waals surface area contributed by atoms with Crippen molar-refractivity contribution in [1.29, 1.82) is 0 Å². The van der Waals surface area contributed by atoms with E-state index in [1.807, 2.05) is 39.0 Å². The minimum Gasteiger partial charge on any atom is -0.490 e. The number of nitrogens with zero attached hydrogens (tertiary/aromatic N) is 1. The molecule has 85 heavy (non-hydrogen) atoms. The van der Waals surface area contributed by atoms with E-state index in [4.69, 9.17) is 18.9 Å². The Kier molecular flexibility index (Phi) is 17.1. The zero-order valence-electron chi connectivity index (χ0n) is 47.8. The first-order valence-electron chi connectivity index (χ1n) is 28.1. The molecule has 1 heterocycles. The number of rotatable bonds is 15. The van der Waals surface area contributed by atoms with E-state index in [9.17, 15) is 45.4 Å². The van der Waals surface area contributed by atoms with Crippen LogP contribution in [-0.2, 0) is 20.2 Å². The molecule has 21 heteroatoms. The SMILES string of the molecule is Cc1cc(C)c(Nc2ccc3c(-c4ccccc4S(=O)(=O)O)c4cc/c(=N\c5c(C)c(NC(=O)Nc6ccc(OC7CCCCC7)c(C(=O)O)c6)c(C)c(S(=O)(=O)O)c5C)cc-4oc3c2)c(C)c1NC(=O)Nc1ccc(OC2CCCCC2)cc1. The summed E-state index contributed by atoms with van der Waals surface area (Å²) in [5.41, 5.74) is 6.53. The van der Waals surface area contributed by atoms with Gasteiger partial charge in [-0.2, -0.15) is 16.8 Å². The van der Waals surface area contributed by atoms with Crippen molar-refractivity contribution in [3.63, 3.8) is 0 Å². The van der Waals surface area contributed by atoms with Crippen LogP contribution in [-0.4, -0.2) is 61.3 Å². The topological polar surface area (TPSA) is 284 Å². The number of fused-ring (bicyclic) bond motifs is 2. The summed E-state index contributed by atoms with van der Waals surface area (Å²) >= 11 is 0. The van der Waals surface area contributed by atoms with Crippen LogP contribution >= 0.6 is 0 Å². The third-order valence-electron chi connectivity index (χ3n) is 15.8. The second kappa shape index (κ2) is 24.4. The minimum absolute atomic E-state index is 0.00262. The van der Waals surface area contributed by atoms with Crippen molar-refractivity contribution in [2.45, 2.75) is 128 Å². The number of carboxylic acids is 1. The molecule has 2 saturated carbocycles. The Labute approximate surface area is 492 Å². The molecule has 6 aromatic carbocycles. The summed E-state index contributed by atoms with van der Waals surface area (Å²) in [6.07, 6.45) is 10.3. The summed E-state index contributed by atoms with van der Waals surface area (Å²) in [4.78, 5) is 43.7. The first kappa shape index (κ1) is 59.4. The van der Waals surface area contributed by atoms with Crippen LogP contribution in [0.3, 0.4) is 0 Å². The molecule has 3 aliphatic carbocycles. The number of hydrogen-bond donors (Lipinski definition) is 8. The molecule has 6 aromatic rings. The largest absolute Gasteiger partial charge is 0.490 e. The predicted molar refractivity (Wildman–Crippen MR) is 328 cm³/mol. The molecule has 0 spiro atoms. The van der Waals surface area contributed by atoms with E-state index in [2.05, 4.69) is 26.6 Å². The average Bonchev–Trinajstić information content (AvgIpc) is 1.75. The van der Waals surface area contributed by atoms with Crippen LogP contribution in [0, 0.1) is 41.5 Å². The number of benzene rings is 7. The summed E-state index contributed by atoms with van der Waals surface area (Å²) < 4.78 is 92.4. The maximum atomic E-state index is 13.8. The van der Waals surface area contributed by atoms with E-state index in [1.165, 1.54) is 50.6 Å². The molecule has 0 bridgehead atoms. The molecule has 1 aliphatic heterocycles. The van der Waals surface area contributed by atoms with Gasteiger partial charge in [-0.3, -0.25) is 9.11 Å². The van der Waals surface area contributed by atoms with E-state index in [1.54, 1.807) is 67.6 Å². The van der Waals surface area contributed by atoms with E-state index < -0.39 is 43.2 Å². The van der Waals surface area contributed by atoms with Gasteiger partial charge in [0, 0.05) is 57.0 Å². The van der Waals surface area contributed by atoms with E-state index in [0.29, 0.717) is 44.8 Å². The molecular weight excluding hydrogens is 1120 g/mol. The Balaban J connectivity index is 0.994. The van der Waals surface area contributed by atoms with Crippen molar-refractivity contribution in [2.24, 2.45) is 4.99 Å². The Hall–Kier alpha value is -8.76. The van der Waals surface area contributed by atoms with Crippen LogP contribution in [0.25, 0.3) is 33.4 Å². The molecule has 19 nitrogen and oxygen atoms in total. The molecule has 2 fully saturated rings. The van der Waals surface area contributed by atoms with Gasteiger partial charge in [-0.1, -0.05) is 37.1 Å². The molecule has 4 amide bonds. The highest BCUT2D eigenvalue weighted by molar-refractivity contribution is 7.86. The molecule has 4 aliphatic rings. The number of carbonyl (C=O) groups is 3. The standard InChI is InChI=1S/C64H66N6O13S2/c1-35-31-36(2)58(69-63(73)67-41-21-26-47(27-22-41)81-45-15-9-7-10-16-45)37(3)57(35)65-43-23-28-48-53(33-43)83-54-34-44(24-29-49(54)56(48)50-19-13-14-20-55(50)84(75,76)77)66-59-38(4)60(40(6)61(39(59)5)85(78,79)80)70-64(74)68-42-25-30-52(51(32-42)62(71)72)82-46-17-11-8-12-18-46/h13-14,19-34,45-46,65H,7-12,15-18H2,1-6H3,(H,71,72)(H2,67,69,73)(H2,68,70,74)(H,75,76,77)(H,78,79,80)/b66-44+. The highest BCUT2D eigenvalue weighted by atomic mass is 32.2. The number of carbonyl (C=O) groups excluding carboxylic acids is 2. The van der Waals surface area contributed by atoms with Crippen LogP contribution < -0.4 is 41.4 Å². The quantitative estimate of drug-likeness (QED) is 0.0350. The lowest BCUT2D eigenvalue weighted by Crippen LogP contribution is -2.23. The predicted octanol–water partition coefficient (Wildman–Crippen LogP) is 14.9. The number of ether oxygens (including phenoxy) is 2. The van der Waals surface area contributed by atoms with E-state index >= 15 is 0 Å². The normalized spacial score (nSPS) is 14.5. The van der Waals surface area contributed by atoms with Crippen LogP contribution in [0.5, 0.6) is 11.5 Å². The molecular formula is C64H66N6O13S2. The van der Waals surface area contributed by atoms with Gasteiger partial charge in [0.2, 0.25) is 0 Å². The molecule has 0 atom stereocenters. The van der Waals surface area contributed by atoms with Crippen molar-refractivity contribution >= 4 is 89.0 Å². The Morgan fingerprint density at radius 3 is 1.84 bits per heavy atom. The lowest BCUT2D eigenvalue weighted by atomic mass is 9.93. The summed E-state index contributed by atoms with van der Waals surface area (Å²) in [5.74, 6) is -0.134. The third kappa shape index (κ3) is 13.1. The maximum Gasteiger partial charge on any atom is 0.339 e. The molecule has 0 radical (unpaired) electrons. The van der Waals surface area contributed by atoms with E-state index in [-0.39, 0.29) is 78.9 Å². The van der Waals surface area contributed by atoms with Crippen molar-refractivity contribution < 1.29 is 59.3 Å². The van der Waals surface area contributed by atoms with Gasteiger partial charge in [0.1, 0.15) is 38.2 Å². The number of hydrogen-bond acceptors (Lipinski definition) is 12. The fraction of sp³-hybridized carbons (Fsp3) is 0.281. The van der Waals surface area contributed by atoms with Crippen LogP contribution in [0.1, 0.15) is 108 Å². The summed E-state index contributed by atoms with van der Waals surface area (Å²) in [5, 5.41) is 25.6. The van der Waals surface area contributed by atoms with Gasteiger partial charge in [-0.05, 0) is 199 Å². The third-order valence-corrected chi connectivity index (χ3v) is 17.8. The van der Waals surface area contributed by atoms with Crippen molar-refractivity contribution in [3.05, 3.63) is 153 Å². The van der Waals surface area contributed by atoms with Gasteiger partial charge in [0.15, 0.2) is 0 Å². The molecule has 0 saturated heterocycles. The Morgan fingerprint density at radius 1 is 0.565 bits per heavy atom. The number of aryl methyl sites for hydroxylation is 2. The molecule has 10 rings (SSSR count). The van der Waals surface area contributed by atoms with Crippen LogP contribution in [0.2, 0.25) is 0 Å². The highest BCUT2D eigenvalue weighted by Crippen LogP contribution is 2.45. The molecule has 0 aromatic heterocycles. The Morgan fingerprint density at radius 2 is 1.18 bits per heavy atom. The fourth-order valence-corrected chi connectivity index (χ4v) is 13.4. The zero-order chi connectivity index (χ0) is 60.5. The number of urea groups is 2. The fourth-order valence-electron chi connectivity index (χ4n) is 11.8. The average molecular weight is 1190 g/mol. The van der Waals surface area contributed by atoms with E-state index in [0.717, 1.165) is 80.2 Å². The first-order valence-corrected chi connectivity index (χ1v) is 31.0. The van der Waals surface area contributed by atoms with Gasteiger partial charge in [0.25, 0.3) is 20.2 Å². The lowest BCUT2D eigenvalue weighted by Gasteiger charge is -2.24. The molecule has 442 valence electrons. The molecule has 0 unspecified atom stereocenters. The first-order chi connectivity index (χ1) is 40.5. The van der Waals surface area contributed by atoms with Gasteiger partial charge < -0.3 is 45.6 Å². The van der Waals surface area contributed by atoms with Crippen molar-refractivity contribution in [3.8, 4) is 33.9 Å². The van der Waals surface area contributed by atoms with Gasteiger partial charge in [-0.25, -0.2) is 19.4 Å². The minimum atomic E-state index is -4.95. The Bertz CT molecular complexity index is 4230.